The van der Waals surface area contributed by atoms with Crippen LogP contribution in [0.15, 0.2) is 35.9 Å². The number of allylic oxidation sites excluding steroid dienone is 1. The Morgan fingerprint density at radius 1 is 1.29 bits per heavy atom. The molecule has 0 spiro atoms. The summed E-state index contributed by atoms with van der Waals surface area (Å²) in [6.07, 6.45) is 7.27. The van der Waals surface area contributed by atoms with Crippen LogP contribution in [0, 0.1) is 0 Å². The van der Waals surface area contributed by atoms with Gasteiger partial charge in [0, 0.05) is 18.5 Å². The van der Waals surface area contributed by atoms with Crippen LogP contribution >= 0.6 is 0 Å². The van der Waals surface area contributed by atoms with Crippen LogP contribution in [0.5, 0.6) is 5.75 Å². The predicted octanol–water partition coefficient (Wildman–Crippen LogP) is 2.56. The van der Waals surface area contributed by atoms with Crippen LogP contribution in [-0.2, 0) is 11.3 Å². The lowest BCUT2D eigenvalue weighted by atomic mass is 9.97. The molecule has 0 radical (unpaired) electrons. The Morgan fingerprint density at radius 3 is 2.90 bits per heavy atom. The highest BCUT2D eigenvalue weighted by molar-refractivity contribution is 5.78. The fourth-order valence-corrected chi connectivity index (χ4v) is 2.47. The van der Waals surface area contributed by atoms with Crippen LogP contribution in [0.4, 0.5) is 0 Å². The van der Waals surface area contributed by atoms with Crippen LogP contribution < -0.4 is 10.1 Å². The van der Waals surface area contributed by atoms with Gasteiger partial charge in [-0.05, 0) is 31.7 Å². The molecule has 4 heteroatoms. The number of para-hydroxylation sites is 1. The zero-order valence-corrected chi connectivity index (χ0v) is 12.3. The first-order valence-corrected chi connectivity index (χ1v) is 7.56. The molecule has 0 aliphatic heterocycles. The van der Waals surface area contributed by atoms with E-state index in [1.54, 1.807) is 0 Å². The molecule has 0 saturated carbocycles. The Labute approximate surface area is 125 Å². The molecule has 4 nitrogen and oxygen atoms in total. The molecule has 2 N–H and O–H groups in total. The SMILES string of the molecule is O=C(CC1=CCCCC1)NCc1ccccc1OCCO. The second-order valence-electron chi connectivity index (χ2n) is 5.24. The number of amides is 1. The number of hydrogen-bond acceptors (Lipinski definition) is 3. The molecular weight excluding hydrogens is 266 g/mol. The Balaban J connectivity index is 1.84. The third-order valence-electron chi connectivity index (χ3n) is 3.57. The van der Waals surface area contributed by atoms with Crippen molar-refractivity contribution in [1.29, 1.82) is 0 Å². The molecule has 0 atom stereocenters. The van der Waals surface area contributed by atoms with E-state index in [1.165, 1.54) is 18.4 Å². The molecule has 21 heavy (non-hydrogen) atoms. The molecule has 1 aromatic carbocycles. The van der Waals surface area contributed by atoms with Gasteiger partial charge in [0.05, 0.1) is 6.61 Å². The van der Waals surface area contributed by atoms with E-state index in [-0.39, 0.29) is 19.1 Å². The Morgan fingerprint density at radius 2 is 2.14 bits per heavy atom. The van der Waals surface area contributed by atoms with Gasteiger partial charge in [-0.3, -0.25) is 4.79 Å². The summed E-state index contributed by atoms with van der Waals surface area (Å²) in [6, 6.07) is 7.56. The Bertz CT molecular complexity index is 497. The van der Waals surface area contributed by atoms with E-state index in [0.29, 0.717) is 18.7 Å². The number of carbonyl (C=O) groups excluding carboxylic acids is 1. The molecule has 0 bridgehead atoms. The normalized spacial score (nSPS) is 14.4. The average molecular weight is 289 g/mol. The summed E-state index contributed by atoms with van der Waals surface area (Å²) in [6.45, 7) is 0.695. The van der Waals surface area contributed by atoms with Gasteiger partial charge in [0.2, 0.25) is 5.91 Å². The number of aliphatic hydroxyl groups is 1. The maximum Gasteiger partial charge on any atom is 0.224 e. The van der Waals surface area contributed by atoms with Crippen molar-refractivity contribution in [3.05, 3.63) is 41.5 Å². The summed E-state index contributed by atoms with van der Waals surface area (Å²) in [5.74, 6) is 0.767. The number of rotatable bonds is 7. The van der Waals surface area contributed by atoms with Crippen LogP contribution in [-0.4, -0.2) is 24.2 Å². The maximum absolute atomic E-state index is 12.0. The molecule has 0 unspecified atom stereocenters. The molecule has 1 aromatic rings. The van der Waals surface area contributed by atoms with E-state index in [0.717, 1.165) is 18.4 Å². The molecule has 1 aliphatic rings. The van der Waals surface area contributed by atoms with E-state index in [1.807, 2.05) is 24.3 Å². The third-order valence-corrected chi connectivity index (χ3v) is 3.57. The highest BCUT2D eigenvalue weighted by Gasteiger charge is 2.10. The fourth-order valence-electron chi connectivity index (χ4n) is 2.47. The summed E-state index contributed by atoms with van der Waals surface area (Å²) < 4.78 is 5.46. The predicted molar refractivity (Wildman–Crippen MR) is 82.0 cm³/mol. The second kappa shape index (κ2) is 8.47. The van der Waals surface area contributed by atoms with Gasteiger partial charge in [0.25, 0.3) is 0 Å². The molecule has 1 aliphatic carbocycles. The maximum atomic E-state index is 12.0. The minimum absolute atomic E-state index is 0.0190. The zero-order chi connectivity index (χ0) is 14.9. The van der Waals surface area contributed by atoms with Crippen LogP contribution in [0.25, 0.3) is 0 Å². The molecule has 0 heterocycles. The van der Waals surface area contributed by atoms with Gasteiger partial charge in [0.1, 0.15) is 12.4 Å². The monoisotopic (exact) mass is 289 g/mol. The summed E-state index contributed by atoms with van der Waals surface area (Å²) in [7, 11) is 0. The first-order chi connectivity index (χ1) is 10.3. The smallest absolute Gasteiger partial charge is 0.224 e. The van der Waals surface area contributed by atoms with Gasteiger partial charge >= 0.3 is 0 Å². The molecular formula is C17H23NO3. The van der Waals surface area contributed by atoms with Gasteiger partial charge in [0.15, 0.2) is 0 Å². The van der Waals surface area contributed by atoms with Gasteiger partial charge in [-0.2, -0.15) is 0 Å². The van der Waals surface area contributed by atoms with Crippen LogP contribution in [0.3, 0.4) is 0 Å². The van der Waals surface area contributed by atoms with Crippen molar-refractivity contribution >= 4 is 5.91 Å². The highest BCUT2D eigenvalue weighted by Crippen LogP contribution is 2.20. The van der Waals surface area contributed by atoms with Gasteiger partial charge < -0.3 is 15.2 Å². The molecule has 0 aromatic heterocycles. The van der Waals surface area contributed by atoms with Crippen molar-refractivity contribution < 1.29 is 14.6 Å². The number of nitrogens with one attached hydrogen (secondary N) is 1. The Kier molecular flexibility index (Phi) is 6.28. The van der Waals surface area contributed by atoms with E-state index < -0.39 is 0 Å². The van der Waals surface area contributed by atoms with Crippen LogP contribution in [0.2, 0.25) is 0 Å². The van der Waals surface area contributed by atoms with Crippen molar-refractivity contribution in [1.82, 2.24) is 5.32 Å². The minimum atomic E-state index is -0.0190. The lowest BCUT2D eigenvalue weighted by Crippen LogP contribution is -2.23. The summed E-state index contributed by atoms with van der Waals surface area (Å²) >= 11 is 0. The summed E-state index contributed by atoms with van der Waals surface area (Å²) in [5, 5.41) is 11.8. The lowest BCUT2D eigenvalue weighted by molar-refractivity contribution is -0.120. The highest BCUT2D eigenvalue weighted by atomic mass is 16.5. The lowest BCUT2D eigenvalue weighted by Gasteiger charge is -2.14. The summed E-state index contributed by atoms with van der Waals surface area (Å²) in [5.41, 5.74) is 2.18. The van der Waals surface area contributed by atoms with Gasteiger partial charge in [-0.1, -0.05) is 29.8 Å². The van der Waals surface area contributed by atoms with Gasteiger partial charge in [-0.15, -0.1) is 0 Å². The fraction of sp³-hybridized carbons (Fsp3) is 0.471. The van der Waals surface area contributed by atoms with Crippen molar-refractivity contribution in [2.75, 3.05) is 13.2 Å². The molecule has 2 rings (SSSR count). The Hall–Kier alpha value is -1.81. The number of ether oxygens (including phenoxy) is 1. The standard InChI is InChI=1S/C17H23NO3/c19-10-11-21-16-9-5-4-8-15(16)13-18-17(20)12-14-6-2-1-3-7-14/h4-6,8-9,19H,1-3,7,10-13H2,(H,18,20). The van der Waals surface area contributed by atoms with Crippen molar-refractivity contribution in [2.45, 2.75) is 38.6 Å². The molecule has 0 saturated heterocycles. The van der Waals surface area contributed by atoms with E-state index in [2.05, 4.69) is 11.4 Å². The van der Waals surface area contributed by atoms with Crippen molar-refractivity contribution in [3.8, 4) is 5.75 Å². The quantitative estimate of drug-likeness (QED) is 0.758. The zero-order valence-electron chi connectivity index (χ0n) is 12.3. The first-order valence-electron chi connectivity index (χ1n) is 7.56. The van der Waals surface area contributed by atoms with Crippen molar-refractivity contribution in [2.24, 2.45) is 0 Å². The third kappa shape index (κ3) is 5.23. The van der Waals surface area contributed by atoms with E-state index in [4.69, 9.17) is 9.84 Å². The topological polar surface area (TPSA) is 58.6 Å². The summed E-state index contributed by atoms with van der Waals surface area (Å²) in [4.78, 5) is 12.0. The number of carbonyl (C=O) groups is 1. The first kappa shape index (κ1) is 15.6. The van der Waals surface area contributed by atoms with Crippen molar-refractivity contribution in [3.63, 3.8) is 0 Å². The number of hydrogen-bond donors (Lipinski definition) is 2. The minimum Gasteiger partial charge on any atom is -0.491 e. The van der Waals surface area contributed by atoms with E-state index in [9.17, 15) is 4.79 Å². The van der Waals surface area contributed by atoms with Gasteiger partial charge in [-0.25, -0.2) is 0 Å². The molecule has 0 fully saturated rings. The molecule has 1 amide bonds. The number of aliphatic hydroxyl groups excluding tert-OH is 1. The second-order valence-corrected chi connectivity index (χ2v) is 5.24. The number of benzene rings is 1. The average Bonchev–Trinajstić information content (AvgIpc) is 2.52. The van der Waals surface area contributed by atoms with E-state index >= 15 is 0 Å². The van der Waals surface area contributed by atoms with Crippen LogP contribution in [0.1, 0.15) is 37.7 Å². The molecule has 114 valence electrons. The largest absolute Gasteiger partial charge is 0.491 e.